The molecule has 0 fully saturated rings. The first-order chi connectivity index (χ1) is 9.01. The van der Waals surface area contributed by atoms with E-state index in [0.717, 1.165) is 7.11 Å². The molecule has 1 atom stereocenters. The molecular weight excluding hydrogens is 259 g/mol. The lowest BCUT2D eigenvalue weighted by Crippen LogP contribution is -2.15. The molecule has 1 aromatic rings. The van der Waals surface area contributed by atoms with Gasteiger partial charge < -0.3 is 24.1 Å². The van der Waals surface area contributed by atoms with E-state index in [2.05, 4.69) is 4.74 Å². The van der Waals surface area contributed by atoms with E-state index in [0.29, 0.717) is 0 Å². The molecule has 0 saturated carbocycles. The van der Waals surface area contributed by atoms with E-state index in [1.165, 1.54) is 27.4 Å². The van der Waals surface area contributed by atoms with E-state index in [9.17, 15) is 14.3 Å². The molecule has 0 aromatic heterocycles. The van der Waals surface area contributed by atoms with Crippen molar-refractivity contribution in [2.24, 2.45) is 0 Å². The van der Waals surface area contributed by atoms with Crippen LogP contribution >= 0.6 is 0 Å². The molecule has 0 heterocycles. The smallest absolute Gasteiger partial charge is 0.339 e. The predicted octanol–water partition coefficient (Wildman–Crippen LogP) is 1.06. The van der Waals surface area contributed by atoms with E-state index >= 15 is 0 Å². The molecule has 0 spiro atoms. The molecule has 6 nitrogen and oxygen atoms in total. The quantitative estimate of drug-likeness (QED) is 0.809. The van der Waals surface area contributed by atoms with Crippen molar-refractivity contribution >= 4 is 5.97 Å². The Bertz CT molecular complexity index is 474. The van der Waals surface area contributed by atoms with Crippen LogP contribution in [-0.2, 0) is 9.53 Å². The molecule has 0 saturated heterocycles. The SMILES string of the molecule is COC(=O)C(O)c1cc(OC)c(OC)c(F)c1OC. The number of hydrogen-bond donors (Lipinski definition) is 1. The van der Waals surface area contributed by atoms with Gasteiger partial charge in [0.25, 0.3) is 0 Å². The third kappa shape index (κ3) is 2.70. The van der Waals surface area contributed by atoms with Crippen molar-refractivity contribution in [3.05, 3.63) is 17.4 Å². The highest BCUT2D eigenvalue weighted by Gasteiger charge is 2.28. The Balaban J connectivity index is 3.46. The molecule has 1 N–H and O–H groups in total. The Morgan fingerprint density at radius 2 is 1.74 bits per heavy atom. The molecule has 1 aromatic carbocycles. The number of methoxy groups -OCH3 is 4. The lowest BCUT2D eigenvalue weighted by atomic mass is 10.1. The topological polar surface area (TPSA) is 74.2 Å². The van der Waals surface area contributed by atoms with Gasteiger partial charge in [-0.05, 0) is 6.07 Å². The summed E-state index contributed by atoms with van der Waals surface area (Å²) in [5.41, 5.74) is -0.107. The van der Waals surface area contributed by atoms with Gasteiger partial charge >= 0.3 is 5.97 Å². The van der Waals surface area contributed by atoms with Crippen LogP contribution < -0.4 is 14.2 Å². The van der Waals surface area contributed by atoms with Crippen LogP contribution in [0.4, 0.5) is 4.39 Å². The second-order valence-electron chi connectivity index (χ2n) is 3.47. The van der Waals surface area contributed by atoms with Crippen LogP contribution in [0.15, 0.2) is 6.07 Å². The van der Waals surface area contributed by atoms with Crippen molar-refractivity contribution in [1.82, 2.24) is 0 Å². The molecular formula is C12H15FO6. The molecule has 0 bridgehead atoms. The molecule has 0 aliphatic heterocycles. The van der Waals surface area contributed by atoms with E-state index < -0.39 is 17.9 Å². The fourth-order valence-corrected chi connectivity index (χ4v) is 1.60. The Hall–Kier alpha value is -2.02. The van der Waals surface area contributed by atoms with Crippen molar-refractivity contribution in [3.63, 3.8) is 0 Å². The third-order valence-corrected chi connectivity index (χ3v) is 2.52. The summed E-state index contributed by atoms with van der Waals surface area (Å²) in [4.78, 5) is 11.3. The van der Waals surface area contributed by atoms with Crippen molar-refractivity contribution in [3.8, 4) is 17.2 Å². The van der Waals surface area contributed by atoms with Crippen LogP contribution in [0.3, 0.4) is 0 Å². The van der Waals surface area contributed by atoms with Gasteiger partial charge in [-0.15, -0.1) is 0 Å². The number of benzene rings is 1. The number of halogens is 1. The van der Waals surface area contributed by atoms with Gasteiger partial charge in [0.05, 0.1) is 28.4 Å². The first-order valence-corrected chi connectivity index (χ1v) is 5.26. The van der Waals surface area contributed by atoms with Crippen LogP contribution in [0.2, 0.25) is 0 Å². The Labute approximate surface area is 109 Å². The maximum Gasteiger partial charge on any atom is 0.339 e. The van der Waals surface area contributed by atoms with Crippen LogP contribution in [0.25, 0.3) is 0 Å². The van der Waals surface area contributed by atoms with Crippen molar-refractivity contribution in [2.75, 3.05) is 28.4 Å². The first kappa shape index (κ1) is 15.0. The summed E-state index contributed by atoms with van der Waals surface area (Å²) in [5, 5.41) is 9.79. The summed E-state index contributed by atoms with van der Waals surface area (Å²) in [6.45, 7) is 0. The monoisotopic (exact) mass is 274 g/mol. The molecule has 0 aliphatic carbocycles. The number of rotatable bonds is 5. The number of aliphatic hydroxyl groups is 1. The molecule has 0 aliphatic rings. The number of carbonyl (C=O) groups is 1. The summed E-state index contributed by atoms with van der Waals surface area (Å²) in [6.07, 6.45) is -1.69. The minimum absolute atomic E-state index is 0.0266. The highest BCUT2D eigenvalue weighted by Crippen LogP contribution is 2.41. The molecule has 0 amide bonds. The molecule has 7 heteroatoms. The minimum atomic E-state index is -1.69. The van der Waals surface area contributed by atoms with Gasteiger partial charge in [-0.2, -0.15) is 4.39 Å². The summed E-state index contributed by atoms with van der Waals surface area (Å²) in [6, 6.07) is 1.25. The van der Waals surface area contributed by atoms with E-state index in [4.69, 9.17) is 14.2 Å². The van der Waals surface area contributed by atoms with E-state index in [1.807, 2.05) is 0 Å². The van der Waals surface area contributed by atoms with Crippen LogP contribution in [-0.4, -0.2) is 39.5 Å². The van der Waals surface area contributed by atoms with Gasteiger partial charge in [0, 0.05) is 5.56 Å². The van der Waals surface area contributed by atoms with Crippen molar-refractivity contribution < 1.29 is 33.2 Å². The van der Waals surface area contributed by atoms with E-state index in [1.54, 1.807) is 0 Å². The zero-order valence-electron chi connectivity index (χ0n) is 11.0. The number of hydrogen-bond acceptors (Lipinski definition) is 6. The maximum atomic E-state index is 14.1. The van der Waals surface area contributed by atoms with Gasteiger partial charge in [-0.3, -0.25) is 0 Å². The van der Waals surface area contributed by atoms with Gasteiger partial charge in [0.2, 0.25) is 11.6 Å². The van der Waals surface area contributed by atoms with E-state index in [-0.39, 0.29) is 22.8 Å². The summed E-state index contributed by atoms with van der Waals surface area (Å²) < 4.78 is 33.2. The molecule has 106 valence electrons. The summed E-state index contributed by atoms with van der Waals surface area (Å²) in [7, 11) is 4.88. The first-order valence-electron chi connectivity index (χ1n) is 5.26. The van der Waals surface area contributed by atoms with Crippen molar-refractivity contribution in [2.45, 2.75) is 6.10 Å². The zero-order chi connectivity index (χ0) is 14.6. The Kier molecular flexibility index (Phi) is 4.94. The van der Waals surface area contributed by atoms with Crippen LogP contribution in [0, 0.1) is 5.82 Å². The summed E-state index contributed by atoms with van der Waals surface area (Å²) >= 11 is 0. The predicted molar refractivity (Wildman–Crippen MR) is 63.0 cm³/mol. The number of aliphatic hydroxyl groups excluding tert-OH is 1. The minimum Gasteiger partial charge on any atom is -0.493 e. The van der Waals surface area contributed by atoms with Gasteiger partial charge in [0.15, 0.2) is 17.6 Å². The number of ether oxygens (including phenoxy) is 4. The normalized spacial score (nSPS) is 11.7. The number of carbonyl (C=O) groups excluding carboxylic acids is 1. The standard InChI is InChI=1S/C12H15FO6/c1-16-7-5-6(9(14)12(15)19-4)10(17-2)8(13)11(7)18-3/h5,9,14H,1-4H3. The molecule has 19 heavy (non-hydrogen) atoms. The Morgan fingerprint density at radius 1 is 1.16 bits per heavy atom. The molecule has 1 unspecified atom stereocenters. The lowest BCUT2D eigenvalue weighted by Gasteiger charge is -2.17. The third-order valence-electron chi connectivity index (χ3n) is 2.52. The average Bonchev–Trinajstić information content (AvgIpc) is 2.44. The second-order valence-corrected chi connectivity index (χ2v) is 3.47. The zero-order valence-corrected chi connectivity index (χ0v) is 11.0. The van der Waals surface area contributed by atoms with Gasteiger partial charge in [-0.1, -0.05) is 0 Å². The lowest BCUT2D eigenvalue weighted by molar-refractivity contribution is -0.150. The molecule has 1 rings (SSSR count). The Morgan fingerprint density at radius 3 is 2.16 bits per heavy atom. The van der Waals surface area contributed by atoms with Gasteiger partial charge in [-0.25, -0.2) is 4.79 Å². The highest BCUT2D eigenvalue weighted by molar-refractivity contribution is 5.78. The molecule has 0 radical (unpaired) electrons. The summed E-state index contributed by atoms with van der Waals surface area (Å²) in [5.74, 6) is -2.28. The second kappa shape index (κ2) is 6.24. The fourth-order valence-electron chi connectivity index (χ4n) is 1.60. The van der Waals surface area contributed by atoms with Gasteiger partial charge in [0.1, 0.15) is 0 Å². The van der Waals surface area contributed by atoms with Crippen LogP contribution in [0.1, 0.15) is 11.7 Å². The van der Waals surface area contributed by atoms with Crippen LogP contribution in [0.5, 0.6) is 17.2 Å². The fraction of sp³-hybridized carbons (Fsp3) is 0.417. The average molecular weight is 274 g/mol. The highest BCUT2D eigenvalue weighted by atomic mass is 19.1. The van der Waals surface area contributed by atoms with Crippen molar-refractivity contribution in [1.29, 1.82) is 0 Å². The maximum absolute atomic E-state index is 14.1. The largest absolute Gasteiger partial charge is 0.493 e. The number of esters is 1.